The van der Waals surface area contributed by atoms with Crippen molar-refractivity contribution in [1.29, 1.82) is 0 Å². The van der Waals surface area contributed by atoms with Gasteiger partial charge in [-0.25, -0.2) is 0 Å². The zero-order valence-electron chi connectivity index (χ0n) is 10.3. The molecule has 1 N–H and O–H groups in total. The number of fused-ring (bicyclic) bond motifs is 1. The van der Waals surface area contributed by atoms with Gasteiger partial charge in [-0.3, -0.25) is 0 Å². The number of nitrogens with one attached hydrogen (secondary N) is 1. The van der Waals surface area contributed by atoms with Crippen LogP contribution in [0.4, 0.5) is 0 Å². The molecule has 0 saturated carbocycles. The van der Waals surface area contributed by atoms with Crippen molar-refractivity contribution in [3.05, 3.63) is 28.8 Å². The number of likely N-dealkylation sites (N-methyl/N-ethyl adjacent to an activating group) is 1. The third-order valence-electron chi connectivity index (χ3n) is 3.45. The van der Waals surface area contributed by atoms with E-state index in [2.05, 4.69) is 17.4 Å². The number of hydrogen-bond acceptors (Lipinski definition) is 2. The Morgan fingerprint density at radius 3 is 2.62 bits per heavy atom. The quantitative estimate of drug-likeness (QED) is 0.839. The average molecular weight is 219 g/mol. The van der Waals surface area contributed by atoms with Crippen LogP contribution in [-0.2, 0) is 19.3 Å². The molecule has 0 unspecified atom stereocenters. The second-order valence-corrected chi connectivity index (χ2v) is 4.44. The molecule has 0 heterocycles. The van der Waals surface area contributed by atoms with Crippen LogP contribution < -0.4 is 10.1 Å². The molecule has 0 spiro atoms. The zero-order valence-corrected chi connectivity index (χ0v) is 10.3. The second kappa shape index (κ2) is 5.35. The Morgan fingerprint density at radius 1 is 1.19 bits per heavy atom. The van der Waals surface area contributed by atoms with E-state index in [1.165, 1.54) is 36.8 Å². The molecular weight excluding hydrogens is 198 g/mol. The van der Waals surface area contributed by atoms with Gasteiger partial charge in [0.15, 0.2) is 0 Å². The van der Waals surface area contributed by atoms with E-state index in [4.69, 9.17) is 4.74 Å². The Kier molecular flexibility index (Phi) is 3.83. The van der Waals surface area contributed by atoms with Crippen LogP contribution in [0.25, 0.3) is 0 Å². The summed E-state index contributed by atoms with van der Waals surface area (Å²) in [5, 5.41) is 3.22. The molecule has 16 heavy (non-hydrogen) atoms. The summed E-state index contributed by atoms with van der Waals surface area (Å²) in [6.07, 6.45) is 6.17. The van der Waals surface area contributed by atoms with Gasteiger partial charge < -0.3 is 10.1 Å². The molecule has 1 aromatic rings. The number of benzene rings is 1. The van der Waals surface area contributed by atoms with E-state index in [0.29, 0.717) is 0 Å². The number of ether oxygens (including phenoxy) is 1. The van der Waals surface area contributed by atoms with Crippen molar-refractivity contribution in [2.75, 3.05) is 20.7 Å². The van der Waals surface area contributed by atoms with Gasteiger partial charge in [0.25, 0.3) is 0 Å². The van der Waals surface area contributed by atoms with Crippen molar-refractivity contribution >= 4 is 0 Å². The summed E-state index contributed by atoms with van der Waals surface area (Å²) >= 11 is 0. The van der Waals surface area contributed by atoms with E-state index in [1.807, 2.05) is 7.05 Å². The predicted molar refractivity (Wildman–Crippen MR) is 67.3 cm³/mol. The van der Waals surface area contributed by atoms with Crippen molar-refractivity contribution in [2.24, 2.45) is 0 Å². The summed E-state index contributed by atoms with van der Waals surface area (Å²) in [6.45, 7) is 1.05. The summed E-state index contributed by atoms with van der Waals surface area (Å²) < 4.78 is 5.46. The lowest BCUT2D eigenvalue weighted by Gasteiger charge is -2.22. The molecule has 1 aromatic carbocycles. The molecule has 1 aliphatic carbocycles. The predicted octanol–water partition coefficient (Wildman–Crippen LogP) is 2.34. The van der Waals surface area contributed by atoms with Crippen LogP contribution in [0.15, 0.2) is 12.1 Å². The van der Waals surface area contributed by atoms with E-state index in [-0.39, 0.29) is 0 Å². The lowest BCUT2D eigenvalue weighted by Crippen LogP contribution is -2.14. The fourth-order valence-corrected chi connectivity index (χ4v) is 2.59. The van der Waals surface area contributed by atoms with Crippen LogP contribution >= 0.6 is 0 Å². The van der Waals surface area contributed by atoms with Crippen molar-refractivity contribution in [3.63, 3.8) is 0 Å². The van der Waals surface area contributed by atoms with Crippen LogP contribution in [0.3, 0.4) is 0 Å². The van der Waals surface area contributed by atoms with Crippen LogP contribution in [0, 0.1) is 0 Å². The number of rotatable bonds is 4. The average Bonchev–Trinajstić information content (AvgIpc) is 2.36. The van der Waals surface area contributed by atoms with Gasteiger partial charge in [-0.05, 0) is 68.5 Å². The lowest BCUT2D eigenvalue weighted by atomic mass is 9.86. The maximum atomic E-state index is 5.46. The molecule has 2 heteroatoms. The molecule has 0 aliphatic heterocycles. The molecule has 1 aliphatic rings. The van der Waals surface area contributed by atoms with Crippen LogP contribution in [0.5, 0.6) is 5.75 Å². The van der Waals surface area contributed by atoms with Crippen molar-refractivity contribution in [3.8, 4) is 5.75 Å². The first-order chi connectivity index (χ1) is 7.86. The van der Waals surface area contributed by atoms with Crippen LogP contribution in [-0.4, -0.2) is 20.7 Å². The van der Waals surface area contributed by atoms with Gasteiger partial charge in [0, 0.05) is 0 Å². The molecule has 2 rings (SSSR count). The van der Waals surface area contributed by atoms with E-state index in [1.54, 1.807) is 12.7 Å². The minimum absolute atomic E-state index is 1.05. The Morgan fingerprint density at radius 2 is 1.94 bits per heavy atom. The molecule has 2 nitrogen and oxygen atoms in total. The van der Waals surface area contributed by atoms with E-state index in [9.17, 15) is 0 Å². The fraction of sp³-hybridized carbons (Fsp3) is 0.571. The smallest absolute Gasteiger partial charge is 0.122 e. The van der Waals surface area contributed by atoms with Gasteiger partial charge in [-0.1, -0.05) is 6.07 Å². The number of hydrogen-bond donors (Lipinski definition) is 1. The first-order valence-corrected chi connectivity index (χ1v) is 6.19. The monoisotopic (exact) mass is 219 g/mol. The van der Waals surface area contributed by atoms with Gasteiger partial charge in [0.1, 0.15) is 5.75 Å². The lowest BCUT2D eigenvalue weighted by molar-refractivity contribution is 0.406. The van der Waals surface area contributed by atoms with Gasteiger partial charge in [0.05, 0.1) is 7.11 Å². The topological polar surface area (TPSA) is 21.3 Å². The van der Waals surface area contributed by atoms with Crippen LogP contribution in [0.1, 0.15) is 29.5 Å². The van der Waals surface area contributed by atoms with Gasteiger partial charge in [-0.15, -0.1) is 0 Å². The second-order valence-electron chi connectivity index (χ2n) is 4.44. The van der Waals surface area contributed by atoms with E-state index >= 15 is 0 Å². The van der Waals surface area contributed by atoms with Gasteiger partial charge in [-0.2, -0.15) is 0 Å². The van der Waals surface area contributed by atoms with Gasteiger partial charge >= 0.3 is 0 Å². The minimum atomic E-state index is 1.05. The summed E-state index contributed by atoms with van der Waals surface area (Å²) in [5.74, 6) is 1.09. The van der Waals surface area contributed by atoms with Crippen LogP contribution in [0.2, 0.25) is 0 Å². The molecule has 0 bridgehead atoms. The maximum Gasteiger partial charge on any atom is 0.122 e. The molecule has 0 saturated heterocycles. The Hall–Kier alpha value is -1.02. The third-order valence-corrected chi connectivity index (χ3v) is 3.45. The standard InChI is InChI=1S/C14H21NO/c1-15-10-9-11-7-8-14(16-2)13-6-4-3-5-12(11)13/h7-8,15H,3-6,9-10H2,1-2H3. The zero-order chi connectivity index (χ0) is 11.4. The van der Waals surface area contributed by atoms with E-state index < -0.39 is 0 Å². The molecular formula is C14H21NO. The van der Waals surface area contributed by atoms with E-state index in [0.717, 1.165) is 18.7 Å². The Balaban J connectivity index is 2.32. The highest BCUT2D eigenvalue weighted by atomic mass is 16.5. The summed E-state index contributed by atoms with van der Waals surface area (Å²) in [4.78, 5) is 0. The molecule has 0 aromatic heterocycles. The highest BCUT2D eigenvalue weighted by molar-refractivity contribution is 5.46. The Labute approximate surface area is 98.0 Å². The summed E-state index contributed by atoms with van der Waals surface area (Å²) in [6, 6.07) is 4.37. The molecule has 0 amide bonds. The summed E-state index contributed by atoms with van der Waals surface area (Å²) in [7, 11) is 3.79. The summed E-state index contributed by atoms with van der Waals surface area (Å²) in [5.41, 5.74) is 4.52. The third kappa shape index (κ3) is 2.22. The normalized spacial score (nSPS) is 14.6. The highest BCUT2D eigenvalue weighted by Crippen LogP contribution is 2.32. The molecule has 0 fully saturated rings. The minimum Gasteiger partial charge on any atom is -0.496 e. The fourth-order valence-electron chi connectivity index (χ4n) is 2.59. The Bertz CT molecular complexity index is 360. The first-order valence-electron chi connectivity index (χ1n) is 6.19. The molecule has 0 radical (unpaired) electrons. The van der Waals surface area contributed by atoms with Gasteiger partial charge in [0.2, 0.25) is 0 Å². The van der Waals surface area contributed by atoms with Crippen molar-refractivity contribution < 1.29 is 4.74 Å². The largest absolute Gasteiger partial charge is 0.496 e. The van der Waals surface area contributed by atoms with Crippen molar-refractivity contribution in [2.45, 2.75) is 32.1 Å². The number of methoxy groups -OCH3 is 1. The molecule has 0 atom stereocenters. The molecule has 88 valence electrons. The first kappa shape index (κ1) is 11.5. The highest BCUT2D eigenvalue weighted by Gasteiger charge is 2.16. The SMILES string of the molecule is CNCCc1ccc(OC)c2c1CCCC2. The van der Waals surface area contributed by atoms with Crippen molar-refractivity contribution in [1.82, 2.24) is 5.32 Å². The maximum absolute atomic E-state index is 5.46.